The third kappa shape index (κ3) is 6.59. The molecule has 0 aromatic heterocycles. The number of fused-ring (bicyclic) bond motifs is 6. The van der Waals surface area contributed by atoms with Gasteiger partial charge >= 0.3 is 0 Å². The lowest BCUT2D eigenvalue weighted by atomic mass is 10.0. The number of benzene rings is 3. The molecule has 36 heavy (non-hydrogen) atoms. The molecule has 1 heterocycles. The number of phenolic OH excluding ortho intramolecular Hbond substituents is 5. The third-order valence-electron chi connectivity index (χ3n) is 6.09. The minimum Gasteiger partial charge on any atom is -0.508 e. The van der Waals surface area contributed by atoms with Gasteiger partial charge in [0.25, 0.3) is 0 Å². The zero-order valence-electron chi connectivity index (χ0n) is 20.1. The Kier molecular flexibility index (Phi) is 8.15. The molecular weight excluding hydrogens is 464 g/mol. The van der Waals surface area contributed by atoms with Gasteiger partial charge in [-0.3, -0.25) is 0 Å². The fraction of sp³-hybridized carbons (Fsp3) is 0.357. The molecule has 0 unspecified atom stereocenters. The lowest BCUT2D eigenvalue weighted by Crippen LogP contribution is -1.98. The predicted octanol–water partition coefficient (Wildman–Crippen LogP) is 6.85. The van der Waals surface area contributed by atoms with Crippen LogP contribution >= 0.6 is 0 Å². The van der Waals surface area contributed by atoms with E-state index in [1.165, 1.54) is 30.3 Å². The number of rotatable bonds is 0. The van der Waals surface area contributed by atoms with Gasteiger partial charge in [0, 0.05) is 48.0 Å². The Balaban J connectivity index is 1.65. The first kappa shape index (κ1) is 25.2. The van der Waals surface area contributed by atoms with Crippen molar-refractivity contribution in [2.24, 2.45) is 0 Å². The Morgan fingerprint density at radius 1 is 0.500 bits per heavy atom. The van der Waals surface area contributed by atoms with Crippen LogP contribution in [0.5, 0.6) is 57.5 Å². The van der Waals surface area contributed by atoms with Crippen molar-refractivity contribution in [1.29, 1.82) is 0 Å². The van der Waals surface area contributed by atoms with Crippen LogP contribution in [0.25, 0.3) is 0 Å². The zero-order valence-corrected chi connectivity index (χ0v) is 20.1. The summed E-state index contributed by atoms with van der Waals surface area (Å²) in [5.74, 6) is -0.377. The van der Waals surface area contributed by atoms with Crippen molar-refractivity contribution < 1.29 is 39.7 Å². The van der Waals surface area contributed by atoms with E-state index in [-0.39, 0.29) is 40.2 Å². The van der Waals surface area contributed by atoms with Crippen molar-refractivity contribution in [3.63, 3.8) is 0 Å². The van der Waals surface area contributed by atoms with Crippen molar-refractivity contribution in [1.82, 2.24) is 0 Å². The van der Waals surface area contributed by atoms with E-state index in [2.05, 4.69) is 0 Å². The van der Waals surface area contributed by atoms with Crippen molar-refractivity contribution in [3.8, 4) is 57.5 Å². The molecule has 192 valence electrons. The van der Waals surface area contributed by atoms with Crippen molar-refractivity contribution >= 4 is 0 Å². The fourth-order valence-electron chi connectivity index (χ4n) is 4.29. The molecule has 0 saturated heterocycles. The molecule has 3 aromatic rings. The summed E-state index contributed by atoms with van der Waals surface area (Å²) in [4.78, 5) is 0. The SMILES string of the molecule is Oc1cc2cc(c1)Oc1cc(O)cc(c1)Oc1c(O)cc(O)c(c1O)CCCCCCCCCCO2. The van der Waals surface area contributed by atoms with E-state index in [0.717, 1.165) is 57.4 Å². The number of hydrogen-bond donors (Lipinski definition) is 5. The van der Waals surface area contributed by atoms with Gasteiger partial charge < -0.3 is 39.7 Å². The van der Waals surface area contributed by atoms with E-state index in [4.69, 9.17) is 14.2 Å². The molecule has 1 aliphatic heterocycles. The molecule has 0 atom stereocenters. The summed E-state index contributed by atoms with van der Waals surface area (Å²) >= 11 is 0. The molecule has 4 rings (SSSR count). The second-order valence-electron chi connectivity index (χ2n) is 9.03. The van der Waals surface area contributed by atoms with Crippen LogP contribution in [0.1, 0.15) is 56.9 Å². The Morgan fingerprint density at radius 3 is 1.69 bits per heavy atom. The summed E-state index contributed by atoms with van der Waals surface area (Å²) in [5, 5.41) is 51.7. The molecule has 0 amide bonds. The number of ether oxygens (including phenoxy) is 3. The Morgan fingerprint density at radius 2 is 1.03 bits per heavy atom. The first-order valence-corrected chi connectivity index (χ1v) is 12.3. The molecule has 0 spiro atoms. The quantitative estimate of drug-likeness (QED) is 0.228. The third-order valence-corrected chi connectivity index (χ3v) is 6.09. The van der Waals surface area contributed by atoms with Gasteiger partial charge in [-0.25, -0.2) is 0 Å². The molecular formula is C28H32O8. The fourth-order valence-corrected chi connectivity index (χ4v) is 4.29. The lowest BCUT2D eigenvalue weighted by molar-refractivity contribution is 0.301. The molecule has 3 aromatic carbocycles. The summed E-state index contributed by atoms with van der Waals surface area (Å²) in [6, 6.07) is 9.82. The summed E-state index contributed by atoms with van der Waals surface area (Å²) in [6.45, 7) is 0.529. The zero-order chi connectivity index (χ0) is 25.5. The summed E-state index contributed by atoms with van der Waals surface area (Å²) in [7, 11) is 0. The van der Waals surface area contributed by atoms with Gasteiger partial charge in [-0.15, -0.1) is 0 Å². The largest absolute Gasteiger partial charge is 0.508 e. The van der Waals surface area contributed by atoms with Crippen LogP contribution in [-0.4, -0.2) is 32.1 Å². The normalized spacial score (nSPS) is 15.3. The van der Waals surface area contributed by atoms with Gasteiger partial charge in [0.1, 0.15) is 40.2 Å². The number of phenols is 5. The van der Waals surface area contributed by atoms with Crippen LogP contribution in [0.15, 0.2) is 42.5 Å². The van der Waals surface area contributed by atoms with Crippen molar-refractivity contribution in [2.75, 3.05) is 6.61 Å². The Labute approximate surface area is 210 Å². The minimum absolute atomic E-state index is 0.0277. The average Bonchev–Trinajstić information content (AvgIpc) is 2.80. The molecule has 0 fully saturated rings. The van der Waals surface area contributed by atoms with Gasteiger partial charge in [0.15, 0.2) is 11.5 Å². The van der Waals surface area contributed by atoms with Crippen LogP contribution in [0, 0.1) is 0 Å². The van der Waals surface area contributed by atoms with E-state index < -0.39 is 5.75 Å². The Hall–Kier alpha value is -3.94. The van der Waals surface area contributed by atoms with Gasteiger partial charge in [-0.1, -0.05) is 38.5 Å². The maximum Gasteiger partial charge on any atom is 0.211 e. The Bertz CT molecular complexity index is 1190. The van der Waals surface area contributed by atoms with Crippen LogP contribution in [0.2, 0.25) is 0 Å². The second-order valence-corrected chi connectivity index (χ2v) is 9.03. The molecule has 0 aliphatic carbocycles. The summed E-state index contributed by atoms with van der Waals surface area (Å²) in [6.07, 6.45) is 8.50. The van der Waals surface area contributed by atoms with E-state index >= 15 is 0 Å². The highest BCUT2D eigenvalue weighted by molar-refractivity contribution is 5.61. The highest BCUT2D eigenvalue weighted by Crippen LogP contribution is 2.47. The second kappa shape index (κ2) is 11.7. The molecule has 8 heteroatoms. The van der Waals surface area contributed by atoms with Crippen molar-refractivity contribution in [2.45, 2.75) is 57.8 Å². The molecule has 6 bridgehead atoms. The first-order valence-electron chi connectivity index (χ1n) is 12.3. The smallest absolute Gasteiger partial charge is 0.211 e. The molecule has 0 radical (unpaired) electrons. The number of hydrogen-bond acceptors (Lipinski definition) is 8. The van der Waals surface area contributed by atoms with Gasteiger partial charge in [-0.2, -0.15) is 0 Å². The minimum atomic E-state index is -0.441. The molecule has 8 nitrogen and oxygen atoms in total. The van der Waals surface area contributed by atoms with E-state index in [1.54, 1.807) is 6.07 Å². The van der Waals surface area contributed by atoms with Crippen LogP contribution < -0.4 is 14.2 Å². The van der Waals surface area contributed by atoms with E-state index in [0.29, 0.717) is 30.1 Å². The number of aromatic hydroxyl groups is 5. The van der Waals surface area contributed by atoms with Gasteiger partial charge in [0.05, 0.1) is 6.61 Å². The highest BCUT2D eigenvalue weighted by atomic mass is 16.5. The highest BCUT2D eigenvalue weighted by Gasteiger charge is 2.20. The monoisotopic (exact) mass is 496 g/mol. The topological polar surface area (TPSA) is 129 Å². The summed E-state index contributed by atoms with van der Waals surface area (Å²) < 4.78 is 17.3. The molecule has 0 saturated carbocycles. The van der Waals surface area contributed by atoms with Gasteiger partial charge in [-0.05, 0) is 19.3 Å². The first-order chi connectivity index (χ1) is 17.4. The standard InChI is InChI=1S/C28H32O8/c29-18-11-20-15-21(12-18)35-22-13-19(30)14-23(16-22)36-28-26(32)17-25(31)24(27(28)33)9-7-5-3-1-2-4-6-8-10-34-20/h11-17,29-33H,1-10H2. The van der Waals surface area contributed by atoms with Crippen LogP contribution in [0.4, 0.5) is 0 Å². The van der Waals surface area contributed by atoms with Gasteiger partial charge in [0.2, 0.25) is 5.75 Å². The van der Waals surface area contributed by atoms with E-state index in [1.807, 2.05) is 0 Å². The predicted molar refractivity (Wildman–Crippen MR) is 134 cm³/mol. The van der Waals surface area contributed by atoms with Crippen molar-refractivity contribution in [3.05, 3.63) is 48.0 Å². The molecule has 1 aliphatic rings. The maximum atomic E-state index is 10.8. The van der Waals surface area contributed by atoms with Crippen LogP contribution in [-0.2, 0) is 6.42 Å². The molecule has 5 N–H and O–H groups in total. The lowest BCUT2D eigenvalue weighted by Gasteiger charge is -2.16. The summed E-state index contributed by atoms with van der Waals surface area (Å²) in [5.41, 5.74) is 0.300. The average molecular weight is 497 g/mol. The van der Waals surface area contributed by atoms with E-state index in [9.17, 15) is 25.5 Å². The van der Waals surface area contributed by atoms with Crippen LogP contribution in [0.3, 0.4) is 0 Å². The maximum absolute atomic E-state index is 10.8.